The predicted octanol–water partition coefficient (Wildman–Crippen LogP) is -0.410. The third kappa shape index (κ3) is 3.06. The monoisotopic (exact) mass is 388 g/mol. The Morgan fingerprint density at radius 2 is 2.04 bits per heavy atom. The molecule has 2 N–H and O–H groups in total. The van der Waals surface area contributed by atoms with E-state index in [0.29, 0.717) is 23.3 Å². The van der Waals surface area contributed by atoms with Crippen LogP contribution < -0.4 is 5.32 Å². The Bertz CT molecular complexity index is 714. The van der Waals surface area contributed by atoms with E-state index in [-0.39, 0.29) is 18.5 Å². The Morgan fingerprint density at radius 1 is 1.35 bits per heavy atom. The van der Waals surface area contributed by atoms with Gasteiger partial charge in [0.05, 0.1) is 6.04 Å². The molecule has 4 aliphatic rings. The maximum atomic E-state index is 12.6. The molecule has 3 aliphatic heterocycles. The SMILES string of the molecule is CCN1CC2(CC(NC(=O)C3CCC4CN3C(=O)N4OS(=O)(=O)O)C2)C1. The number of nitrogens with zero attached hydrogens (tertiary/aromatic N) is 3. The Hall–Kier alpha value is -1.43. The average Bonchev–Trinajstić information content (AvgIpc) is 2.72. The summed E-state index contributed by atoms with van der Waals surface area (Å²) in [5.41, 5.74) is 0.356. The van der Waals surface area contributed by atoms with Crippen LogP contribution in [0.5, 0.6) is 0 Å². The lowest BCUT2D eigenvalue weighted by molar-refractivity contribution is -0.131. The molecule has 0 aromatic heterocycles. The molecule has 1 spiro atoms. The Labute approximate surface area is 152 Å². The van der Waals surface area contributed by atoms with Gasteiger partial charge in [0.15, 0.2) is 0 Å². The highest BCUT2D eigenvalue weighted by Crippen LogP contribution is 2.48. The summed E-state index contributed by atoms with van der Waals surface area (Å²) in [6, 6.07) is -1.66. The highest BCUT2D eigenvalue weighted by molar-refractivity contribution is 7.80. The zero-order valence-electron chi connectivity index (χ0n) is 14.6. The fraction of sp³-hybridized carbons (Fsp3) is 0.867. The van der Waals surface area contributed by atoms with Crippen molar-refractivity contribution in [2.45, 2.75) is 50.7 Å². The lowest BCUT2D eigenvalue weighted by Gasteiger charge is -2.59. The summed E-state index contributed by atoms with van der Waals surface area (Å²) in [4.78, 5) is 28.7. The Morgan fingerprint density at radius 3 is 2.65 bits per heavy atom. The fourth-order valence-corrected chi connectivity index (χ4v) is 5.26. The zero-order chi connectivity index (χ0) is 18.7. The topological polar surface area (TPSA) is 119 Å². The molecular weight excluding hydrogens is 364 g/mol. The first-order valence-corrected chi connectivity index (χ1v) is 10.4. The summed E-state index contributed by atoms with van der Waals surface area (Å²) in [5, 5.41) is 3.69. The molecule has 0 radical (unpaired) electrons. The van der Waals surface area contributed by atoms with Crippen LogP contribution in [0, 0.1) is 5.41 Å². The van der Waals surface area contributed by atoms with E-state index in [1.54, 1.807) is 0 Å². The fourth-order valence-electron chi connectivity index (χ4n) is 4.87. The molecule has 0 aromatic rings. The van der Waals surface area contributed by atoms with Crippen molar-refractivity contribution in [2.24, 2.45) is 5.41 Å². The van der Waals surface area contributed by atoms with Crippen molar-refractivity contribution in [3.05, 3.63) is 0 Å². The number of hydrogen-bond acceptors (Lipinski definition) is 6. The third-order valence-electron chi connectivity index (χ3n) is 6.07. The lowest BCUT2D eigenvalue weighted by Crippen LogP contribution is -2.67. The van der Waals surface area contributed by atoms with E-state index in [9.17, 15) is 18.0 Å². The molecule has 1 aliphatic carbocycles. The highest BCUT2D eigenvalue weighted by Gasteiger charge is 2.53. The minimum atomic E-state index is -4.77. The van der Waals surface area contributed by atoms with Crippen LogP contribution in [0.3, 0.4) is 0 Å². The second-order valence-corrected chi connectivity index (χ2v) is 8.93. The zero-order valence-corrected chi connectivity index (χ0v) is 15.4. The van der Waals surface area contributed by atoms with Gasteiger partial charge >= 0.3 is 16.4 Å². The van der Waals surface area contributed by atoms with Gasteiger partial charge in [-0.2, -0.15) is 13.5 Å². The van der Waals surface area contributed by atoms with Gasteiger partial charge in [-0.15, -0.1) is 4.28 Å². The molecule has 146 valence electrons. The summed E-state index contributed by atoms with van der Waals surface area (Å²) in [6.07, 6.45) is 2.82. The summed E-state index contributed by atoms with van der Waals surface area (Å²) in [6.45, 7) is 5.60. The van der Waals surface area contributed by atoms with Crippen molar-refractivity contribution < 1.29 is 26.8 Å². The van der Waals surface area contributed by atoms with E-state index in [1.807, 2.05) is 0 Å². The highest BCUT2D eigenvalue weighted by atomic mass is 32.3. The smallest absolute Gasteiger partial charge is 0.352 e. The minimum Gasteiger partial charge on any atom is -0.352 e. The number of piperidine rings is 1. The van der Waals surface area contributed by atoms with Gasteiger partial charge in [0.1, 0.15) is 6.04 Å². The first-order chi connectivity index (χ1) is 12.2. The van der Waals surface area contributed by atoms with E-state index in [1.165, 1.54) is 4.90 Å². The number of carbonyl (C=O) groups is 2. The van der Waals surface area contributed by atoms with Crippen LogP contribution in [0.15, 0.2) is 0 Å². The van der Waals surface area contributed by atoms with Crippen molar-refractivity contribution in [3.63, 3.8) is 0 Å². The first-order valence-electron chi connectivity index (χ1n) is 8.99. The van der Waals surface area contributed by atoms with Gasteiger partial charge < -0.3 is 15.1 Å². The van der Waals surface area contributed by atoms with Gasteiger partial charge in [0, 0.05) is 25.7 Å². The van der Waals surface area contributed by atoms with Crippen molar-refractivity contribution in [3.8, 4) is 0 Å². The Balaban J connectivity index is 1.32. The van der Waals surface area contributed by atoms with E-state index < -0.39 is 28.5 Å². The number of amides is 3. The van der Waals surface area contributed by atoms with Gasteiger partial charge in [-0.1, -0.05) is 6.92 Å². The van der Waals surface area contributed by atoms with Crippen LogP contribution >= 0.6 is 0 Å². The molecule has 2 unspecified atom stereocenters. The van der Waals surface area contributed by atoms with Crippen LogP contribution in [0.2, 0.25) is 0 Å². The molecule has 1 saturated carbocycles. The number of hydrogen-bond donors (Lipinski definition) is 2. The number of carbonyl (C=O) groups excluding carboxylic acids is 2. The maximum Gasteiger partial charge on any atom is 0.418 e. The minimum absolute atomic E-state index is 0.141. The number of rotatable bonds is 5. The normalized spacial score (nSPS) is 31.1. The second kappa shape index (κ2) is 6.04. The second-order valence-electron chi connectivity index (χ2n) is 7.93. The number of fused-ring (bicyclic) bond motifs is 2. The summed E-state index contributed by atoms with van der Waals surface area (Å²) in [7, 11) is -4.77. The molecule has 3 saturated heterocycles. The molecule has 0 aromatic carbocycles. The third-order valence-corrected chi connectivity index (χ3v) is 6.42. The molecular formula is C15H24N4O6S. The van der Waals surface area contributed by atoms with Crippen LogP contribution in [0.1, 0.15) is 32.6 Å². The average molecular weight is 388 g/mol. The number of nitrogens with one attached hydrogen (secondary N) is 1. The van der Waals surface area contributed by atoms with Crippen molar-refractivity contribution in [1.82, 2.24) is 20.2 Å². The molecule has 4 rings (SSSR count). The predicted molar refractivity (Wildman–Crippen MR) is 89.1 cm³/mol. The molecule has 3 heterocycles. The molecule has 11 heteroatoms. The Kier molecular flexibility index (Phi) is 4.17. The van der Waals surface area contributed by atoms with Crippen molar-refractivity contribution >= 4 is 22.3 Å². The number of likely N-dealkylation sites (tertiary alicyclic amines) is 1. The number of hydroxylamine groups is 2. The van der Waals surface area contributed by atoms with Crippen LogP contribution in [-0.2, 0) is 19.5 Å². The number of urea groups is 1. The quantitative estimate of drug-likeness (QED) is 0.615. The van der Waals surface area contributed by atoms with Gasteiger partial charge in [-0.3, -0.25) is 9.35 Å². The summed E-state index contributed by atoms with van der Waals surface area (Å²) in [5.74, 6) is -0.197. The molecule has 10 nitrogen and oxygen atoms in total. The van der Waals surface area contributed by atoms with E-state index >= 15 is 0 Å². The van der Waals surface area contributed by atoms with Gasteiger partial charge in [-0.05, 0) is 37.6 Å². The van der Waals surface area contributed by atoms with Crippen LogP contribution in [-0.4, -0.2) is 84.1 Å². The molecule has 2 bridgehead atoms. The maximum absolute atomic E-state index is 12.6. The lowest BCUT2D eigenvalue weighted by atomic mass is 9.60. The van der Waals surface area contributed by atoms with Crippen molar-refractivity contribution in [2.75, 3.05) is 26.2 Å². The summed E-state index contributed by atoms with van der Waals surface area (Å²) >= 11 is 0. The molecule has 4 fully saturated rings. The molecule has 3 amide bonds. The van der Waals surface area contributed by atoms with Gasteiger partial charge in [0.25, 0.3) is 0 Å². The standard InChI is InChI=1S/C15H24N4O6S/c1-2-17-8-15(9-17)5-10(6-15)16-13(20)12-4-3-11-7-18(12)14(21)19(11)25-26(22,23)24/h10-12H,2-9H2,1H3,(H,16,20)(H,22,23,24). The van der Waals surface area contributed by atoms with Gasteiger partial charge in [0.2, 0.25) is 5.91 Å². The first kappa shape index (κ1) is 18.0. The van der Waals surface area contributed by atoms with E-state index in [2.05, 4.69) is 21.4 Å². The van der Waals surface area contributed by atoms with E-state index in [0.717, 1.165) is 32.5 Å². The summed E-state index contributed by atoms with van der Waals surface area (Å²) < 4.78 is 35.0. The van der Waals surface area contributed by atoms with E-state index in [4.69, 9.17) is 4.55 Å². The molecule has 2 atom stereocenters. The molecule has 26 heavy (non-hydrogen) atoms. The van der Waals surface area contributed by atoms with Crippen LogP contribution in [0.4, 0.5) is 4.79 Å². The van der Waals surface area contributed by atoms with Crippen LogP contribution in [0.25, 0.3) is 0 Å². The largest absolute Gasteiger partial charge is 0.418 e. The van der Waals surface area contributed by atoms with Gasteiger partial charge in [-0.25, -0.2) is 4.79 Å². The van der Waals surface area contributed by atoms with Crippen molar-refractivity contribution in [1.29, 1.82) is 0 Å².